The van der Waals surface area contributed by atoms with Crippen molar-refractivity contribution >= 4 is 5.97 Å². The fourth-order valence-corrected chi connectivity index (χ4v) is 1.80. The molecule has 72 valence electrons. The molecule has 0 aliphatic heterocycles. The van der Waals surface area contributed by atoms with Crippen LogP contribution in [-0.2, 0) is 9.53 Å². The van der Waals surface area contributed by atoms with Crippen molar-refractivity contribution in [1.29, 1.82) is 0 Å². The Balaban J connectivity index is 2.41. The highest BCUT2D eigenvalue weighted by Gasteiger charge is 2.19. The van der Waals surface area contributed by atoms with E-state index < -0.39 is 5.97 Å². The molecule has 0 amide bonds. The second-order valence-corrected chi connectivity index (χ2v) is 3.59. The van der Waals surface area contributed by atoms with Crippen LogP contribution in [0.2, 0.25) is 0 Å². The lowest BCUT2D eigenvalue weighted by atomic mass is 9.93. The number of esters is 1. The summed E-state index contributed by atoms with van der Waals surface area (Å²) < 4.78 is 4.45. The molecule has 0 heterocycles. The molecule has 0 saturated heterocycles. The van der Waals surface area contributed by atoms with Gasteiger partial charge in [-0.3, -0.25) is 0 Å². The Morgan fingerprint density at radius 1 is 1.46 bits per heavy atom. The van der Waals surface area contributed by atoms with E-state index in [2.05, 4.69) is 23.5 Å². The first-order chi connectivity index (χ1) is 6.24. The highest BCUT2D eigenvalue weighted by molar-refractivity contribution is 5.88. The topological polar surface area (TPSA) is 26.3 Å². The zero-order valence-corrected chi connectivity index (χ0v) is 8.30. The van der Waals surface area contributed by atoms with Crippen LogP contribution in [0.25, 0.3) is 0 Å². The van der Waals surface area contributed by atoms with Crippen molar-refractivity contribution < 1.29 is 9.53 Å². The predicted octanol–water partition coefficient (Wildman–Crippen LogP) is 1.99. The molecule has 1 saturated carbocycles. The van der Waals surface area contributed by atoms with E-state index in [1.54, 1.807) is 0 Å². The minimum absolute atomic E-state index is 0.335. The normalized spacial score (nSPS) is 18.9. The molecule has 1 atom stereocenters. The lowest BCUT2D eigenvalue weighted by Crippen LogP contribution is -2.06. The predicted molar refractivity (Wildman–Crippen MR) is 50.9 cm³/mol. The fraction of sp³-hybridized carbons (Fsp3) is 0.727. The molecule has 0 spiro atoms. The first-order valence-electron chi connectivity index (χ1n) is 4.83. The lowest BCUT2D eigenvalue weighted by Gasteiger charge is -2.11. The number of hydrogen-bond donors (Lipinski definition) is 0. The molecule has 0 aromatic heterocycles. The number of ether oxygens (including phenoxy) is 1. The van der Waals surface area contributed by atoms with Gasteiger partial charge in [0.1, 0.15) is 0 Å². The summed E-state index contributed by atoms with van der Waals surface area (Å²) in [5, 5.41) is 0. The minimum atomic E-state index is -0.426. The molecule has 0 bridgehead atoms. The molecule has 13 heavy (non-hydrogen) atoms. The first-order valence-corrected chi connectivity index (χ1v) is 4.83. The van der Waals surface area contributed by atoms with E-state index in [4.69, 9.17) is 0 Å². The van der Waals surface area contributed by atoms with E-state index in [0.717, 1.165) is 0 Å². The average molecular weight is 180 g/mol. The standard InChI is InChI=1S/C11H16O2/c1-9(7-8-11(12)13-2)10-5-3-4-6-10/h9-10H,3-6H2,1-2H3. The Labute approximate surface area is 79.7 Å². The summed E-state index contributed by atoms with van der Waals surface area (Å²) in [7, 11) is 1.36. The van der Waals surface area contributed by atoms with E-state index in [0.29, 0.717) is 11.8 Å². The molecule has 0 N–H and O–H groups in total. The molecular formula is C11H16O2. The van der Waals surface area contributed by atoms with Gasteiger partial charge in [-0.15, -0.1) is 0 Å². The Morgan fingerprint density at radius 2 is 2.08 bits per heavy atom. The smallest absolute Gasteiger partial charge is 0.384 e. The van der Waals surface area contributed by atoms with Crippen molar-refractivity contribution in [2.75, 3.05) is 7.11 Å². The van der Waals surface area contributed by atoms with Gasteiger partial charge in [0, 0.05) is 11.8 Å². The van der Waals surface area contributed by atoms with Gasteiger partial charge < -0.3 is 4.74 Å². The van der Waals surface area contributed by atoms with Gasteiger partial charge in [-0.2, -0.15) is 0 Å². The molecule has 1 aliphatic rings. The van der Waals surface area contributed by atoms with Gasteiger partial charge >= 0.3 is 5.97 Å². The fourth-order valence-electron chi connectivity index (χ4n) is 1.80. The van der Waals surface area contributed by atoms with Crippen molar-refractivity contribution in [1.82, 2.24) is 0 Å². The Kier molecular flexibility index (Phi) is 3.82. The van der Waals surface area contributed by atoms with E-state index in [-0.39, 0.29) is 0 Å². The number of methoxy groups -OCH3 is 1. The van der Waals surface area contributed by atoms with Gasteiger partial charge in [0.05, 0.1) is 7.11 Å². The largest absolute Gasteiger partial charge is 0.459 e. The van der Waals surface area contributed by atoms with Crippen LogP contribution in [0.4, 0.5) is 0 Å². The number of rotatable bonds is 1. The zero-order valence-electron chi connectivity index (χ0n) is 8.30. The van der Waals surface area contributed by atoms with Crippen LogP contribution in [0.5, 0.6) is 0 Å². The van der Waals surface area contributed by atoms with Crippen molar-refractivity contribution in [2.45, 2.75) is 32.6 Å². The maximum Gasteiger partial charge on any atom is 0.384 e. The van der Waals surface area contributed by atoms with Crippen LogP contribution < -0.4 is 0 Å². The Hall–Kier alpha value is -0.970. The van der Waals surface area contributed by atoms with Crippen LogP contribution >= 0.6 is 0 Å². The van der Waals surface area contributed by atoms with Gasteiger partial charge in [-0.05, 0) is 18.8 Å². The summed E-state index contributed by atoms with van der Waals surface area (Å²) in [5.41, 5.74) is 0. The molecule has 2 heteroatoms. The van der Waals surface area contributed by atoms with E-state index in [9.17, 15) is 4.79 Å². The van der Waals surface area contributed by atoms with Gasteiger partial charge in [-0.1, -0.05) is 25.7 Å². The van der Waals surface area contributed by atoms with Crippen LogP contribution in [0.15, 0.2) is 0 Å². The van der Waals surface area contributed by atoms with Crippen LogP contribution in [0.1, 0.15) is 32.6 Å². The summed E-state index contributed by atoms with van der Waals surface area (Å²) in [6.07, 6.45) is 5.15. The van der Waals surface area contributed by atoms with Crippen molar-refractivity contribution in [3.8, 4) is 11.8 Å². The maximum atomic E-state index is 10.7. The van der Waals surface area contributed by atoms with Crippen LogP contribution in [0, 0.1) is 23.7 Å². The molecule has 0 aromatic carbocycles. The monoisotopic (exact) mass is 180 g/mol. The number of carbonyl (C=O) groups is 1. The molecule has 1 rings (SSSR count). The molecule has 1 fully saturated rings. The minimum Gasteiger partial charge on any atom is -0.459 e. The number of hydrogen-bond acceptors (Lipinski definition) is 2. The SMILES string of the molecule is COC(=O)C#CC(C)C1CCCC1. The van der Waals surface area contributed by atoms with Gasteiger partial charge in [0.2, 0.25) is 0 Å². The Morgan fingerprint density at radius 3 is 2.62 bits per heavy atom. The van der Waals surface area contributed by atoms with E-state index in [1.165, 1.54) is 32.8 Å². The van der Waals surface area contributed by atoms with Crippen molar-refractivity contribution in [3.63, 3.8) is 0 Å². The average Bonchev–Trinajstić information content (AvgIpc) is 2.66. The third-order valence-corrected chi connectivity index (χ3v) is 2.69. The highest BCUT2D eigenvalue weighted by atomic mass is 16.5. The lowest BCUT2D eigenvalue weighted by molar-refractivity contribution is -0.133. The van der Waals surface area contributed by atoms with Crippen molar-refractivity contribution in [3.05, 3.63) is 0 Å². The van der Waals surface area contributed by atoms with Gasteiger partial charge in [-0.25, -0.2) is 4.79 Å². The highest BCUT2D eigenvalue weighted by Crippen LogP contribution is 2.30. The summed E-state index contributed by atoms with van der Waals surface area (Å²) in [5.74, 6) is 6.05. The van der Waals surface area contributed by atoms with Gasteiger partial charge in [0.15, 0.2) is 0 Å². The van der Waals surface area contributed by atoms with E-state index >= 15 is 0 Å². The second-order valence-electron chi connectivity index (χ2n) is 3.59. The summed E-state index contributed by atoms with van der Waals surface area (Å²) in [6.45, 7) is 2.09. The summed E-state index contributed by atoms with van der Waals surface area (Å²) >= 11 is 0. The van der Waals surface area contributed by atoms with E-state index in [1.807, 2.05) is 0 Å². The quantitative estimate of drug-likeness (QED) is 0.350. The maximum absolute atomic E-state index is 10.7. The molecule has 0 aromatic rings. The molecular weight excluding hydrogens is 164 g/mol. The Bertz CT molecular complexity index is 228. The molecule has 2 nitrogen and oxygen atoms in total. The molecule has 1 aliphatic carbocycles. The summed E-state index contributed by atoms with van der Waals surface area (Å²) in [6, 6.07) is 0. The third-order valence-electron chi connectivity index (χ3n) is 2.69. The first kappa shape index (κ1) is 10.1. The van der Waals surface area contributed by atoms with Crippen molar-refractivity contribution in [2.24, 2.45) is 11.8 Å². The zero-order chi connectivity index (χ0) is 9.68. The van der Waals surface area contributed by atoms with Gasteiger partial charge in [0.25, 0.3) is 0 Å². The summed E-state index contributed by atoms with van der Waals surface area (Å²) in [4.78, 5) is 10.7. The van der Waals surface area contributed by atoms with Crippen LogP contribution in [0.3, 0.4) is 0 Å². The molecule has 1 unspecified atom stereocenters. The third kappa shape index (κ3) is 3.10. The molecule has 0 radical (unpaired) electrons. The number of carbonyl (C=O) groups excluding carboxylic acids is 1. The second kappa shape index (κ2) is 4.91. The van der Waals surface area contributed by atoms with Crippen LogP contribution in [-0.4, -0.2) is 13.1 Å².